The Labute approximate surface area is 109 Å². The Morgan fingerprint density at radius 1 is 1.33 bits per heavy atom. The van der Waals surface area contributed by atoms with Gasteiger partial charge in [0.1, 0.15) is 0 Å². The average molecular weight is 258 g/mol. The fourth-order valence-corrected chi connectivity index (χ4v) is 3.12. The van der Waals surface area contributed by atoms with Crippen LogP contribution in [0.5, 0.6) is 0 Å². The predicted molar refractivity (Wildman–Crippen MR) is 75.7 cm³/mol. The SMILES string of the molecule is CCCc1c(N)noc1-c1csc2ccccc12. The van der Waals surface area contributed by atoms with Gasteiger partial charge in [-0.3, -0.25) is 0 Å². The third-order valence-electron chi connectivity index (χ3n) is 3.04. The van der Waals surface area contributed by atoms with Crippen LogP contribution < -0.4 is 5.73 Å². The van der Waals surface area contributed by atoms with Crippen molar-refractivity contribution >= 4 is 27.2 Å². The first kappa shape index (κ1) is 11.3. The lowest BCUT2D eigenvalue weighted by molar-refractivity contribution is 0.435. The van der Waals surface area contributed by atoms with Gasteiger partial charge >= 0.3 is 0 Å². The largest absolute Gasteiger partial charge is 0.381 e. The van der Waals surface area contributed by atoms with Gasteiger partial charge in [0.15, 0.2) is 11.6 Å². The highest BCUT2D eigenvalue weighted by Crippen LogP contribution is 2.37. The molecule has 0 aliphatic rings. The number of nitrogen functional groups attached to an aromatic ring is 1. The second-order valence-electron chi connectivity index (χ2n) is 4.27. The Hall–Kier alpha value is -1.81. The van der Waals surface area contributed by atoms with Gasteiger partial charge in [-0.15, -0.1) is 11.3 Å². The molecule has 0 unspecified atom stereocenters. The second kappa shape index (κ2) is 4.46. The minimum Gasteiger partial charge on any atom is -0.381 e. The monoisotopic (exact) mass is 258 g/mol. The first-order valence-electron chi connectivity index (χ1n) is 6.02. The molecule has 0 bridgehead atoms. The molecule has 3 rings (SSSR count). The minimum absolute atomic E-state index is 0.516. The highest BCUT2D eigenvalue weighted by Gasteiger charge is 2.17. The number of nitrogens with two attached hydrogens (primary N) is 1. The molecule has 92 valence electrons. The quantitative estimate of drug-likeness (QED) is 0.769. The minimum atomic E-state index is 0.516. The van der Waals surface area contributed by atoms with Crippen LogP contribution in [-0.2, 0) is 6.42 Å². The van der Waals surface area contributed by atoms with Gasteiger partial charge in [0.2, 0.25) is 0 Å². The summed E-state index contributed by atoms with van der Waals surface area (Å²) >= 11 is 1.72. The molecule has 3 aromatic rings. The van der Waals surface area contributed by atoms with E-state index in [0.717, 1.165) is 29.7 Å². The maximum atomic E-state index is 5.88. The van der Waals surface area contributed by atoms with Crippen molar-refractivity contribution in [1.29, 1.82) is 0 Å². The summed E-state index contributed by atoms with van der Waals surface area (Å²) < 4.78 is 6.69. The van der Waals surface area contributed by atoms with Crippen LogP contribution in [0.25, 0.3) is 21.4 Å². The molecule has 0 radical (unpaired) electrons. The summed E-state index contributed by atoms with van der Waals surface area (Å²) in [5, 5.41) is 7.22. The van der Waals surface area contributed by atoms with Gasteiger partial charge in [-0.1, -0.05) is 36.7 Å². The smallest absolute Gasteiger partial charge is 0.173 e. The molecule has 0 saturated heterocycles. The fourth-order valence-electron chi connectivity index (χ4n) is 2.18. The second-order valence-corrected chi connectivity index (χ2v) is 5.18. The molecule has 0 fully saturated rings. The topological polar surface area (TPSA) is 52.0 Å². The van der Waals surface area contributed by atoms with Crippen LogP contribution in [0.1, 0.15) is 18.9 Å². The van der Waals surface area contributed by atoms with Gasteiger partial charge < -0.3 is 10.3 Å². The molecular weight excluding hydrogens is 244 g/mol. The molecule has 3 nitrogen and oxygen atoms in total. The van der Waals surface area contributed by atoms with Crippen molar-refractivity contribution in [3.8, 4) is 11.3 Å². The van der Waals surface area contributed by atoms with E-state index in [1.54, 1.807) is 11.3 Å². The van der Waals surface area contributed by atoms with E-state index in [1.807, 2.05) is 12.1 Å². The highest BCUT2D eigenvalue weighted by molar-refractivity contribution is 7.17. The van der Waals surface area contributed by atoms with E-state index in [2.05, 4.69) is 29.6 Å². The van der Waals surface area contributed by atoms with E-state index in [1.165, 1.54) is 10.1 Å². The van der Waals surface area contributed by atoms with Crippen molar-refractivity contribution in [3.05, 3.63) is 35.2 Å². The summed E-state index contributed by atoms with van der Waals surface area (Å²) in [6.45, 7) is 2.13. The summed E-state index contributed by atoms with van der Waals surface area (Å²) in [7, 11) is 0. The molecule has 18 heavy (non-hydrogen) atoms. The first-order valence-corrected chi connectivity index (χ1v) is 6.90. The van der Waals surface area contributed by atoms with Gasteiger partial charge in [-0.2, -0.15) is 0 Å². The Morgan fingerprint density at radius 2 is 2.17 bits per heavy atom. The molecular formula is C14H14N2OS. The molecule has 2 N–H and O–H groups in total. The summed E-state index contributed by atoms with van der Waals surface area (Å²) in [5.41, 5.74) is 8.01. The lowest BCUT2D eigenvalue weighted by Gasteiger charge is -1.99. The van der Waals surface area contributed by atoms with Crippen LogP contribution in [0, 0.1) is 0 Å². The number of hydrogen-bond acceptors (Lipinski definition) is 4. The molecule has 0 aliphatic heterocycles. The molecule has 0 amide bonds. The standard InChI is InChI=1S/C14H14N2OS/c1-2-5-10-13(17-16-14(10)15)11-8-18-12-7-4-3-6-9(11)12/h3-4,6-8H,2,5H2,1H3,(H2,15,16). The lowest BCUT2D eigenvalue weighted by atomic mass is 10.0. The molecule has 0 aliphatic carbocycles. The van der Waals surface area contributed by atoms with Gasteiger partial charge in [-0.25, -0.2) is 0 Å². The number of rotatable bonds is 3. The van der Waals surface area contributed by atoms with E-state index in [9.17, 15) is 0 Å². The van der Waals surface area contributed by atoms with Crippen LogP contribution in [0.2, 0.25) is 0 Å². The number of hydrogen-bond donors (Lipinski definition) is 1. The van der Waals surface area contributed by atoms with Crippen LogP contribution in [-0.4, -0.2) is 5.16 Å². The van der Waals surface area contributed by atoms with Gasteiger partial charge in [0, 0.05) is 26.6 Å². The van der Waals surface area contributed by atoms with Crippen molar-refractivity contribution in [1.82, 2.24) is 5.16 Å². The van der Waals surface area contributed by atoms with E-state index in [0.29, 0.717) is 5.82 Å². The average Bonchev–Trinajstić information content (AvgIpc) is 2.95. The number of fused-ring (bicyclic) bond motifs is 1. The van der Waals surface area contributed by atoms with Crippen LogP contribution >= 0.6 is 11.3 Å². The zero-order valence-corrected chi connectivity index (χ0v) is 11.0. The fraction of sp³-hybridized carbons (Fsp3) is 0.214. The molecule has 0 saturated carbocycles. The number of benzene rings is 1. The molecule has 4 heteroatoms. The van der Waals surface area contributed by atoms with E-state index < -0.39 is 0 Å². The Balaban J connectivity index is 2.20. The van der Waals surface area contributed by atoms with Crippen molar-refractivity contribution in [2.45, 2.75) is 19.8 Å². The van der Waals surface area contributed by atoms with Crippen molar-refractivity contribution in [2.24, 2.45) is 0 Å². The van der Waals surface area contributed by atoms with Gasteiger partial charge in [0.25, 0.3) is 0 Å². The van der Waals surface area contributed by atoms with E-state index >= 15 is 0 Å². The number of aromatic nitrogens is 1. The van der Waals surface area contributed by atoms with Crippen LogP contribution in [0.3, 0.4) is 0 Å². The summed E-state index contributed by atoms with van der Waals surface area (Å²) in [4.78, 5) is 0. The van der Waals surface area contributed by atoms with Crippen molar-refractivity contribution in [3.63, 3.8) is 0 Å². The molecule has 2 aromatic heterocycles. The summed E-state index contributed by atoms with van der Waals surface area (Å²) in [6.07, 6.45) is 1.93. The zero-order chi connectivity index (χ0) is 12.5. The molecule has 2 heterocycles. The number of thiophene rings is 1. The maximum absolute atomic E-state index is 5.88. The van der Waals surface area contributed by atoms with Gasteiger partial charge in [-0.05, 0) is 12.5 Å². The zero-order valence-electron chi connectivity index (χ0n) is 10.1. The lowest BCUT2D eigenvalue weighted by Crippen LogP contribution is -1.92. The predicted octanol–water partition coefficient (Wildman–Crippen LogP) is 4.09. The normalized spacial score (nSPS) is 11.2. The van der Waals surface area contributed by atoms with Crippen LogP contribution in [0.15, 0.2) is 34.2 Å². The van der Waals surface area contributed by atoms with Crippen LogP contribution in [0.4, 0.5) is 5.82 Å². The molecule has 1 aromatic carbocycles. The third kappa shape index (κ3) is 1.69. The first-order chi connectivity index (χ1) is 8.81. The van der Waals surface area contributed by atoms with E-state index in [4.69, 9.17) is 10.3 Å². The Kier molecular flexibility index (Phi) is 2.80. The third-order valence-corrected chi connectivity index (χ3v) is 4.01. The van der Waals surface area contributed by atoms with E-state index in [-0.39, 0.29) is 0 Å². The van der Waals surface area contributed by atoms with Crippen molar-refractivity contribution in [2.75, 3.05) is 5.73 Å². The summed E-state index contributed by atoms with van der Waals surface area (Å²) in [6, 6.07) is 8.31. The molecule has 0 atom stereocenters. The Morgan fingerprint density at radius 3 is 3.00 bits per heavy atom. The number of nitrogens with zero attached hydrogens (tertiary/aromatic N) is 1. The molecule has 0 spiro atoms. The Bertz CT molecular complexity index is 684. The van der Waals surface area contributed by atoms with Gasteiger partial charge in [0.05, 0.1) is 0 Å². The maximum Gasteiger partial charge on any atom is 0.173 e. The number of anilines is 1. The highest BCUT2D eigenvalue weighted by atomic mass is 32.1. The summed E-state index contributed by atoms with van der Waals surface area (Å²) in [5.74, 6) is 1.34. The van der Waals surface area contributed by atoms with Crippen molar-refractivity contribution < 1.29 is 4.52 Å².